The number of carbonyl (C=O) groups excluding carboxylic acids is 1. The molecule has 3 heterocycles. The Balaban J connectivity index is 1.71. The molecule has 0 aliphatic carbocycles. The van der Waals surface area contributed by atoms with Gasteiger partial charge in [-0.25, -0.2) is 13.8 Å². The predicted molar refractivity (Wildman–Crippen MR) is 90.6 cm³/mol. The van der Waals surface area contributed by atoms with Crippen LogP contribution in [0.2, 0.25) is 0 Å². The molecular formula is C17H21F2N5O. The Hall–Kier alpha value is -2.22. The van der Waals surface area contributed by atoms with E-state index in [1.165, 1.54) is 12.1 Å². The quantitative estimate of drug-likeness (QED) is 0.907. The first-order valence-corrected chi connectivity index (χ1v) is 8.61. The number of hydrogen-bond acceptors (Lipinski definition) is 4. The van der Waals surface area contributed by atoms with Crippen LogP contribution >= 0.6 is 0 Å². The van der Waals surface area contributed by atoms with Crippen molar-refractivity contribution >= 4 is 22.9 Å². The van der Waals surface area contributed by atoms with Gasteiger partial charge in [-0.05, 0) is 31.0 Å². The maximum atomic E-state index is 13.7. The third kappa shape index (κ3) is 2.95. The number of alkyl halides is 1. The number of rotatable bonds is 3. The number of amides is 1. The predicted octanol–water partition coefficient (Wildman–Crippen LogP) is 1.28. The molecular weight excluding hydrogens is 328 g/mol. The number of piperidine rings is 1. The van der Waals surface area contributed by atoms with Crippen molar-refractivity contribution in [3.63, 3.8) is 0 Å². The molecule has 0 radical (unpaired) electrons. The van der Waals surface area contributed by atoms with Crippen LogP contribution in [0.5, 0.6) is 0 Å². The topological polar surface area (TPSA) is 67.4 Å². The largest absolute Gasteiger partial charge is 0.341 e. The highest BCUT2D eigenvalue weighted by molar-refractivity contribution is 5.83. The van der Waals surface area contributed by atoms with E-state index < -0.39 is 12.2 Å². The summed E-state index contributed by atoms with van der Waals surface area (Å²) in [5.41, 5.74) is 7.05. The first kappa shape index (κ1) is 16.3. The van der Waals surface area contributed by atoms with Crippen LogP contribution in [-0.4, -0.2) is 58.8 Å². The number of halogens is 2. The van der Waals surface area contributed by atoms with E-state index >= 15 is 0 Å². The summed E-state index contributed by atoms with van der Waals surface area (Å²) in [6.45, 7) is 2.41. The van der Waals surface area contributed by atoms with E-state index in [9.17, 15) is 13.6 Å². The Labute approximate surface area is 144 Å². The number of fused-ring (bicyclic) bond motifs is 1. The molecule has 2 atom stereocenters. The summed E-state index contributed by atoms with van der Waals surface area (Å²) in [6, 6.07) is 3.74. The van der Waals surface area contributed by atoms with E-state index in [2.05, 4.69) is 4.98 Å². The zero-order valence-corrected chi connectivity index (χ0v) is 13.9. The van der Waals surface area contributed by atoms with E-state index in [1.54, 1.807) is 15.5 Å². The molecule has 4 rings (SSSR count). The van der Waals surface area contributed by atoms with Gasteiger partial charge in [-0.3, -0.25) is 4.79 Å². The Kier molecular flexibility index (Phi) is 4.07. The number of aromatic nitrogens is 2. The number of imidazole rings is 1. The van der Waals surface area contributed by atoms with Crippen molar-refractivity contribution in [3.8, 4) is 0 Å². The molecule has 2 N–H and O–H groups in total. The van der Waals surface area contributed by atoms with Crippen molar-refractivity contribution in [2.75, 3.05) is 31.1 Å². The molecule has 1 amide bonds. The van der Waals surface area contributed by atoms with Crippen LogP contribution in [0, 0.1) is 5.82 Å². The maximum Gasteiger partial charge on any atom is 0.242 e. The molecule has 25 heavy (non-hydrogen) atoms. The number of likely N-dealkylation sites (tertiary alicyclic amines) is 1. The smallest absolute Gasteiger partial charge is 0.242 e. The fourth-order valence-electron chi connectivity index (χ4n) is 3.42. The normalized spacial score (nSPS) is 23.8. The number of nitrogens with two attached hydrogens (primary N) is 1. The first-order chi connectivity index (χ1) is 12.0. The number of anilines is 1. The van der Waals surface area contributed by atoms with Crippen LogP contribution in [-0.2, 0) is 11.3 Å². The van der Waals surface area contributed by atoms with Crippen LogP contribution in [0.1, 0.15) is 12.8 Å². The van der Waals surface area contributed by atoms with Crippen molar-refractivity contribution in [1.82, 2.24) is 14.5 Å². The molecule has 2 saturated heterocycles. The molecule has 2 fully saturated rings. The fraction of sp³-hybridized carbons (Fsp3) is 0.529. The van der Waals surface area contributed by atoms with Crippen molar-refractivity contribution in [2.24, 2.45) is 5.73 Å². The lowest BCUT2D eigenvalue weighted by atomic mass is 10.1. The van der Waals surface area contributed by atoms with Crippen molar-refractivity contribution in [3.05, 3.63) is 24.0 Å². The summed E-state index contributed by atoms with van der Waals surface area (Å²) in [5, 5.41) is 0. The van der Waals surface area contributed by atoms with E-state index in [-0.39, 0.29) is 18.3 Å². The molecule has 8 heteroatoms. The number of hydrogen-bond donors (Lipinski definition) is 1. The molecule has 1 aromatic carbocycles. The molecule has 0 bridgehead atoms. The van der Waals surface area contributed by atoms with Gasteiger partial charge in [-0.1, -0.05) is 0 Å². The molecule has 2 aliphatic rings. The van der Waals surface area contributed by atoms with Crippen LogP contribution in [0.15, 0.2) is 18.2 Å². The van der Waals surface area contributed by atoms with Gasteiger partial charge in [0, 0.05) is 26.2 Å². The monoisotopic (exact) mass is 349 g/mol. The van der Waals surface area contributed by atoms with Crippen LogP contribution in [0.3, 0.4) is 0 Å². The third-order valence-electron chi connectivity index (χ3n) is 5.05. The van der Waals surface area contributed by atoms with Gasteiger partial charge in [0.1, 0.15) is 18.5 Å². The molecule has 0 unspecified atom stereocenters. The zero-order valence-electron chi connectivity index (χ0n) is 13.9. The minimum Gasteiger partial charge on any atom is -0.341 e. The van der Waals surface area contributed by atoms with E-state index in [0.29, 0.717) is 36.5 Å². The van der Waals surface area contributed by atoms with Gasteiger partial charge >= 0.3 is 0 Å². The second kappa shape index (κ2) is 6.25. The summed E-state index contributed by atoms with van der Waals surface area (Å²) >= 11 is 0. The molecule has 134 valence electrons. The van der Waals surface area contributed by atoms with Crippen molar-refractivity contribution in [2.45, 2.75) is 31.6 Å². The van der Waals surface area contributed by atoms with Crippen molar-refractivity contribution < 1.29 is 13.6 Å². The van der Waals surface area contributed by atoms with Crippen LogP contribution in [0.25, 0.3) is 11.0 Å². The summed E-state index contributed by atoms with van der Waals surface area (Å²) in [6.07, 6.45) is 0.296. The van der Waals surface area contributed by atoms with E-state index in [4.69, 9.17) is 5.73 Å². The van der Waals surface area contributed by atoms with Gasteiger partial charge in [-0.2, -0.15) is 0 Å². The molecule has 0 saturated carbocycles. The van der Waals surface area contributed by atoms with Crippen LogP contribution in [0.4, 0.5) is 14.7 Å². The maximum absolute atomic E-state index is 13.7. The zero-order chi connectivity index (χ0) is 17.6. The minimum absolute atomic E-state index is 0.0132. The minimum atomic E-state index is -1.03. The third-order valence-corrected chi connectivity index (χ3v) is 5.05. The van der Waals surface area contributed by atoms with E-state index in [1.807, 2.05) is 4.90 Å². The molecule has 1 aromatic heterocycles. The standard InChI is InChI=1S/C17H21F2N5O/c18-11-2-3-14-15(8-11)24(10-16(25)22-5-1-6-22)17(21-14)23-7-4-12(19)13(20)9-23/h2-3,8,12-13H,1,4-7,9-10,20H2/t12-,13-/m1/s1. The Morgan fingerprint density at radius 2 is 2.12 bits per heavy atom. The molecule has 6 nitrogen and oxygen atoms in total. The van der Waals surface area contributed by atoms with Gasteiger partial charge in [0.25, 0.3) is 0 Å². The summed E-state index contributed by atoms with van der Waals surface area (Å²) in [4.78, 5) is 20.7. The highest BCUT2D eigenvalue weighted by atomic mass is 19.1. The Morgan fingerprint density at radius 3 is 2.80 bits per heavy atom. The van der Waals surface area contributed by atoms with Gasteiger partial charge in [-0.15, -0.1) is 0 Å². The first-order valence-electron chi connectivity index (χ1n) is 8.61. The number of nitrogens with zero attached hydrogens (tertiary/aromatic N) is 4. The van der Waals surface area contributed by atoms with Gasteiger partial charge < -0.3 is 20.1 Å². The molecule has 0 spiro atoms. The SMILES string of the molecule is N[C@@H]1CN(c2nc3ccc(F)cc3n2CC(=O)N2CCC2)CC[C@H]1F. The average molecular weight is 349 g/mol. The fourth-order valence-corrected chi connectivity index (χ4v) is 3.42. The van der Waals surface area contributed by atoms with Gasteiger partial charge in [0.15, 0.2) is 0 Å². The summed E-state index contributed by atoms with van der Waals surface area (Å²) in [7, 11) is 0. The second-order valence-electron chi connectivity index (χ2n) is 6.78. The highest BCUT2D eigenvalue weighted by Crippen LogP contribution is 2.27. The lowest BCUT2D eigenvalue weighted by Gasteiger charge is -2.35. The Morgan fingerprint density at radius 1 is 1.32 bits per heavy atom. The molecule has 2 aromatic rings. The van der Waals surface area contributed by atoms with Crippen molar-refractivity contribution in [1.29, 1.82) is 0 Å². The van der Waals surface area contributed by atoms with Crippen LogP contribution < -0.4 is 10.6 Å². The average Bonchev–Trinajstić information content (AvgIpc) is 2.86. The molecule has 2 aliphatic heterocycles. The summed E-state index contributed by atoms with van der Waals surface area (Å²) in [5.74, 6) is 0.160. The lowest BCUT2D eigenvalue weighted by Crippen LogP contribution is -2.50. The van der Waals surface area contributed by atoms with E-state index in [0.717, 1.165) is 19.5 Å². The Bertz CT molecular complexity index is 804. The lowest BCUT2D eigenvalue weighted by molar-refractivity contribution is -0.135. The number of benzene rings is 1. The highest BCUT2D eigenvalue weighted by Gasteiger charge is 2.30. The van der Waals surface area contributed by atoms with Gasteiger partial charge in [0.2, 0.25) is 11.9 Å². The second-order valence-corrected chi connectivity index (χ2v) is 6.78. The number of carbonyl (C=O) groups is 1. The van der Waals surface area contributed by atoms with Gasteiger partial charge in [0.05, 0.1) is 17.1 Å². The summed E-state index contributed by atoms with van der Waals surface area (Å²) < 4.78 is 29.2.